The van der Waals surface area contributed by atoms with Crippen LogP contribution in [0.25, 0.3) is 9.75 Å². The SMILES string of the molecule is CC(C)CN1c2cc(C(C)(C)C)sc2-c2sc(C(C)(C)C)cc2S1(=O)=O. The first kappa shape index (κ1) is 19.9. The Morgan fingerprint density at radius 2 is 1.42 bits per heavy atom. The first-order valence-corrected chi connectivity index (χ1v) is 12.1. The number of anilines is 1. The molecular formula is C20H29NO2S3. The molecule has 2 aromatic rings. The highest BCUT2D eigenvalue weighted by Gasteiger charge is 2.40. The van der Waals surface area contributed by atoms with Crippen LogP contribution in [0.1, 0.15) is 65.1 Å². The van der Waals surface area contributed by atoms with Crippen molar-refractivity contribution in [1.82, 2.24) is 0 Å². The van der Waals surface area contributed by atoms with Crippen molar-refractivity contribution in [2.75, 3.05) is 10.8 Å². The Bertz CT molecular complexity index is 935. The summed E-state index contributed by atoms with van der Waals surface area (Å²) in [5, 5.41) is 0. The molecule has 0 amide bonds. The third kappa shape index (κ3) is 3.25. The van der Waals surface area contributed by atoms with Crippen LogP contribution in [0.3, 0.4) is 0 Å². The minimum Gasteiger partial charge on any atom is -0.265 e. The minimum absolute atomic E-state index is 0.000447. The van der Waals surface area contributed by atoms with Crippen molar-refractivity contribution in [3.63, 3.8) is 0 Å². The van der Waals surface area contributed by atoms with Gasteiger partial charge in [-0.2, -0.15) is 0 Å². The van der Waals surface area contributed by atoms with Gasteiger partial charge in [0.2, 0.25) is 0 Å². The van der Waals surface area contributed by atoms with Gasteiger partial charge in [0.1, 0.15) is 4.90 Å². The van der Waals surface area contributed by atoms with Crippen LogP contribution < -0.4 is 4.31 Å². The molecule has 26 heavy (non-hydrogen) atoms. The number of sulfonamides is 1. The molecule has 3 heterocycles. The van der Waals surface area contributed by atoms with E-state index in [0.29, 0.717) is 11.4 Å². The molecule has 0 bridgehead atoms. The van der Waals surface area contributed by atoms with Crippen molar-refractivity contribution < 1.29 is 8.42 Å². The first-order chi connectivity index (χ1) is 11.7. The first-order valence-electron chi connectivity index (χ1n) is 9.04. The largest absolute Gasteiger partial charge is 0.265 e. The van der Waals surface area contributed by atoms with E-state index in [4.69, 9.17) is 0 Å². The molecule has 0 aromatic carbocycles. The molecule has 0 aliphatic carbocycles. The van der Waals surface area contributed by atoms with Crippen LogP contribution in [-0.2, 0) is 20.9 Å². The highest BCUT2D eigenvalue weighted by molar-refractivity contribution is 7.93. The van der Waals surface area contributed by atoms with Gasteiger partial charge in [-0.3, -0.25) is 4.31 Å². The van der Waals surface area contributed by atoms with Gasteiger partial charge in [0.15, 0.2) is 0 Å². The van der Waals surface area contributed by atoms with Gasteiger partial charge in [-0.15, -0.1) is 22.7 Å². The quantitative estimate of drug-likeness (QED) is 0.587. The van der Waals surface area contributed by atoms with Crippen LogP contribution in [-0.4, -0.2) is 15.0 Å². The number of hydrogen-bond acceptors (Lipinski definition) is 4. The predicted molar refractivity (Wildman–Crippen MR) is 114 cm³/mol. The summed E-state index contributed by atoms with van der Waals surface area (Å²) >= 11 is 3.38. The van der Waals surface area contributed by atoms with E-state index in [1.54, 1.807) is 27.0 Å². The van der Waals surface area contributed by atoms with Crippen molar-refractivity contribution in [2.45, 2.75) is 71.1 Å². The summed E-state index contributed by atoms with van der Waals surface area (Å²) in [6.07, 6.45) is 0. The number of nitrogens with zero attached hydrogens (tertiary/aromatic N) is 1. The molecule has 1 aliphatic heterocycles. The molecule has 6 heteroatoms. The summed E-state index contributed by atoms with van der Waals surface area (Å²) < 4.78 is 28.5. The van der Waals surface area contributed by atoms with Crippen LogP contribution in [0.2, 0.25) is 0 Å². The molecule has 1 aliphatic rings. The zero-order chi connectivity index (χ0) is 19.7. The van der Waals surface area contributed by atoms with Gasteiger partial charge in [-0.1, -0.05) is 55.4 Å². The molecule has 0 saturated carbocycles. The molecule has 0 saturated heterocycles. The van der Waals surface area contributed by atoms with E-state index >= 15 is 0 Å². The van der Waals surface area contributed by atoms with E-state index in [1.165, 1.54) is 4.88 Å². The van der Waals surface area contributed by atoms with Crippen molar-refractivity contribution in [3.05, 3.63) is 21.9 Å². The Morgan fingerprint density at radius 1 is 0.923 bits per heavy atom. The summed E-state index contributed by atoms with van der Waals surface area (Å²) in [7, 11) is -3.51. The monoisotopic (exact) mass is 411 g/mol. The number of rotatable bonds is 2. The van der Waals surface area contributed by atoms with E-state index in [0.717, 1.165) is 20.3 Å². The standard InChI is InChI=1S/C20H29NO2S3/c1-12(2)11-21-13-9-15(19(3,4)5)24-17(13)18-14(26(21,22)23)10-16(25-18)20(6,7)8/h9-10,12H,11H2,1-8H3. The lowest BCUT2D eigenvalue weighted by Crippen LogP contribution is -2.36. The minimum atomic E-state index is -3.51. The van der Waals surface area contributed by atoms with Crippen LogP contribution in [0.5, 0.6) is 0 Å². The highest BCUT2D eigenvalue weighted by Crippen LogP contribution is 2.54. The summed E-state index contributed by atoms with van der Waals surface area (Å²) in [5.41, 5.74) is 0.799. The third-order valence-corrected chi connectivity index (χ3v) is 9.67. The van der Waals surface area contributed by atoms with Crippen molar-refractivity contribution >= 4 is 38.4 Å². The fraction of sp³-hybridized carbons (Fsp3) is 0.600. The lowest BCUT2D eigenvalue weighted by molar-refractivity contribution is 0.576. The Balaban J connectivity index is 2.31. The maximum Gasteiger partial charge on any atom is 0.265 e. The molecule has 0 fully saturated rings. The van der Waals surface area contributed by atoms with E-state index < -0.39 is 10.0 Å². The van der Waals surface area contributed by atoms with Gasteiger partial charge in [0.25, 0.3) is 10.0 Å². The van der Waals surface area contributed by atoms with Gasteiger partial charge < -0.3 is 0 Å². The second kappa shape index (κ2) is 6.08. The van der Waals surface area contributed by atoms with E-state index in [2.05, 4.69) is 61.5 Å². The van der Waals surface area contributed by atoms with Gasteiger partial charge in [-0.05, 0) is 28.9 Å². The fourth-order valence-corrected chi connectivity index (χ4v) is 7.83. The Labute approximate surface area is 166 Å². The summed E-state index contributed by atoms with van der Waals surface area (Å²) in [6.45, 7) is 17.6. The average molecular weight is 412 g/mol. The molecular weight excluding hydrogens is 382 g/mol. The number of fused-ring (bicyclic) bond motifs is 3. The molecule has 144 valence electrons. The second-order valence-corrected chi connectivity index (χ2v) is 13.5. The molecule has 3 rings (SSSR count). The molecule has 3 nitrogen and oxygen atoms in total. The molecule has 0 spiro atoms. The van der Waals surface area contributed by atoms with Crippen molar-refractivity contribution in [3.8, 4) is 9.75 Å². The molecule has 0 radical (unpaired) electrons. The lowest BCUT2D eigenvalue weighted by atomic mass is 9.94. The van der Waals surface area contributed by atoms with E-state index in [-0.39, 0.29) is 16.7 Å². The zero-order valence-electron chi connectivity index (χ0n) is 16.9. The Kier molecular flexibility index (Phi) is 4.65. The smallest absolute Gasteiger partial charge is 0.265 e. The zero-order valence-corrected chi connectivity index (χ0v) is 19.4. The van der Waals surface area contributed by atoms with E-state index in [9.17, 15) is 8.42 Å². The summed E-state index contributed by atoms with van der Waals surface area (Å²) in [6, 6.07) is 4.00. The molecule has 0 atom stereocenters. The van der Waals surface area contributed by atoms with Gasteiger partial charge in [0, 0.05) is 16.3 Å². The maximum atomic E-state index is 13.4. The topological polar surface area (TPSA) is 37.4 Å². The van der Waals surface area contributed by atoms with Crippen molar-refractivity contribution in [1.29, 1.82) is 0 Å². The van der Waals surface area contributed by atoms with Crippen LogP contribution in [0.15, 0.2) is 17.0 Å². The van der Waals surface area contributed by atoms with Crippen LogP contribution in [0, 0.1) is 5.92 Å². The Morgan fingerprint density at radius 3 is 1.92 bits per heavy atom. The Hall–Kier alpha value is -0.850. The molecule has 2 aromatic heterocycles. The summed E-state index contributed by atoms with van der Waals surface area (Å²) in [4.78, 5) is 4.87. The number of thiophene rings is 2. The van der Waals surface area contributed by atoms with Crippen molar-refractivity contribution in [2.24, 2.45) is 5.92 Å². The predicted octanol–water partition coefficient (Wildman–Crippen LogP) is 6.24. The van der Waals surface area contributed by atoms with E-state index in [1.807, 2.05) is 6.07 Å². The van der Waals surface area contributed by atoms with Gasteiger partial charge in [-0.25, -0.2) is 8.42 Å². The average Bonchev–Trinajstić information content (AvgIpc) is 3.06. The normalized spacial score (nSPS) is 16.7. The fourth-order valence-electron chi connectivity index (χ4n) is 2.97. The molecule has 0 unspecified atom stereocenters. The molecule has 0 N–H and O–H groups in total. The second-order valence-electron chi connectivity index (χ2n) is 9.56. The summed E-state index contributed by atoms with van der Waals surface area (Å²) in [5.74, 6) is 0.262. The highest BCUT2D eigenvalue weighted by atomic mass is 32.2. The third-order valence-electron chi connectivity index (χ3n) is 4.46. The van der Waals surface area contributed by atoms with Crippen LogP contribution >= 0.6 is 22.7 Å². The maximum absolute atomic E-state index is 13.4. The van der Waals surface area contributed by atoms with Crippen LogP contribution in [0.4, 0.5) is 5.69 Å². The lowest BCUT2D eigenvalue weighted by Gasteiger charge is -2.29. The van der Waals surface area contributed by atoms with Gasteiger partial charge in [0.05, 0.1) is 15.4 Å². The number of hydrogen-bond donors (Lipinski definition) is 0. The van der Waals surface area contributed by atoms with Gasteiger partial charge >= 0.3 is 0 Å².